The number of aromatic nitrogens is 2. The highest BCUT2D eigenvalue weighted by atomic mass is 16.6. The van der Waals surface area contributed by atoms with E-state index in [1.165, 1.54) is 5.56 Å². The van der Waals surface area contributed by atoms with Crippen LogP contribution in [0.15, 0.2) is 40.9 Å². The van der Waals surface area contributed by atoms with Crippen molar-refractivity contribution in [2.24, 2.45) is 5.92 Å². The summed E-state index contributed by atoms with van der Waals surface area (Å²) in [6, 6.07) is 9.70. The van der Waals surface area contributed by atoms with Gasteiger partial charge in [0.15, 0.2) is 5.76 Å². The van der Waals surface area contributed by atoms with Crippen molar-refractivity contribution in [3.63, 3.8) is 0 Å². The molecule has 0 spiro atoms. The first kappa shape index (κ1) is 23.8. The number of fused-ring (bicyclic) bond motifs is 3. The molecule has 3 aliphatic rings. The second kappa shape index (κ2) is 10.0. The fourth-order valence-corrected chi connectivity index (χ4v) is 5.48. The summed E-state index contributed by atoms with van der Waals surface area (Å²) >= 11 is 0. The maximum atomic E-state index is 12.8. The summed E-state index contributed by atoms with van der Waals surface area (Å²) in [6.45, 7) is 5.53. The van der Waals surface area contributed by atoms with E-state index in [0.717, 1.165) is 67.0 Å². The van der Waals surface area contributed by atoms with Crippen LogP contribution in [0.4, 0.5) is 4.79 Å². The molecule has 2 saturated heterocycles. The van der Waals surface area contributed by atoms with Crippen molar-refractivity contribution in [3.05, 3.63) is 64.7 Å². The standard InChI is InChI=1S/C28H32N4O5/c1-18-24-23(37-26(18)27(33)29-12-22-8-5-11-35-22)10-9-21-16-32(30-25(21)24)15-20-13-31(14-20)28(34)36-17-19-6-3-2-4-7-19/h2-4,6-7,16,20,22H,5,8-15,17H2,1H3,(H,29,33)/t22-/m0/s1. The summed E-state index contributed by atoms with van der Waals surface area (Å²) in [4.78, 5) is 26.9. The molecule has 3 aromatic rings. The van der Waals surface area contributed by atoms with Crippen molar-refractivity contribution < 1.29 is 23.5 Å². The fraction of sp³-hybridized carbons (Fsp3) is 0.464. The number of hydrogen-bond donors (Lipinski definition) is 1. The molecule has 1 atom stereocenters. The molecule has 0 radical (unpaired) electrons. The van der Waals surface area contributed by atoms with Gasteiger partial charge in [0.2, 0.25) is 0 Å². The second-order valence-corrected chi connectivity index (χ2v) is 10.2. The zero-order valence-electron chi connectivity index (χ0n) is 21.1. The topological polar surface area (TPSA) is 98.8 Å². The molecule has 6 rings (SSSR count). The molecule has 1 aliphatic carbocycles. The van der Waals surface area contributed by atoms with Crippen molar-refractivity contribution >= 4 is 12.0 Å². The second-order valence-electron chi connectivity index (χ2n) is 10.2. The molecule has 2 amide bonds. The number of aryl methyl sites for hydroxylation is 2. The van der Waals surface area contributed by atoms with Gasteiger partial charge < -0.3 is 24.1 Å². The molecule has 194 valence electrons. The molecule has 37 heavy (non-hydrogen) atoms. The zero-order valence-corrected chi connectivity index (χ0v) is 21.1. The third-order valence-corrected chi connectivity index (χ3v) is 7.50. The number of hydrogen-bond acceptors (Lipinski definition) is 6. The molecule has 4 heterocycles. The number of carbonyl (C=O) groups is 2. The highest BCUT2D eigenvalue weighted by Gasteiger charge is 2.34. The van der Waals surface area contributed by atoms with Gasteiger partial charge >= 0.3 is 6.09 Å². The largest absolute Gasteiger partial charge is 0.455 e. The van der Waals surface area contributed by atoms with Gasteiger partial charge in [0, 0.05) is 62.4 Å². The third-order valence-electron chi connectivity index (χ3n) is 7.50. The van der Waals surface area contributed by atoms with Crippen LogP contribution in [0, 0.1) is 12.8 Å². The number of likely N-dealkylation sites (tertiary alicyclic amines) is 1. The highest BCUT2D eigenvalue weighted by molar-refractivity contribution is 5.95. The summed E-state index contributed by atoms with van der Waals surface area (Å²) in [5.41, 5.74) is 4.83. The molecule has 9 heteroatoms. The summed E-state index contributed by atoms with van der Waals surface area (Å²) in [7, 11) is 0. The van der Waals surface area contributed by atoms with Gasteiger partial charge in [-0.25, -0.2) is 4.79 Å². The third kappa shape index (κ3) is 4.87. The number of rotatable bonds is 7. The van der Waals surface area contributed by atoms with Gasteiger partial charge in [-0.2, -0.15) is 5.10 Å². The number of nitrogens with one attached hydrogen (secondary N) is 1. The Balaban J connectivity index is 1.06. The van der Waals surface area contributed by atoms with Gasteiger partial charge in [-0.3, -0.25) is 9.48 Å². The van der Waals surface area contributed by atoms with Crippen molar-refractivity contribution in [1.82, 2.24) is 20.0 Å². The molecule has 2 aromatic heterocycles. The number of nitrogens with zero attached hydrogens (tertiary/aromatic N) is 3. The van der Waals surface area contributed by atoms with Gasteiger partial charge in [-0.15, -0.1) is 0 Å². The molecule has 1 N–H and O–H groups in total. The predicted octanol–water partition coefficient (Wildman–Crippen LogP) is 3.73. The minimum Gasteiger partial charge on any atom is -0.455 e. The molecule has 2 fully saturated rings. The molecule has 0 bridgehead atoms. The minimum atomic E-state index is -0.274. The van der Waals surface area contributed by atoms with Crippen LogP contribution in [-0.2, 0) is 35.5 Å². The average Bonchev–Trinajstić information content (AvgIpc) is 3.62. The summed E-state index contributed by atoms with van der Waals surface area (Å²) in [5, 5.41) is 7.84. The van der Waals surface area contributed by atoms with Gasteiger partial charge in [-0.1, -0.05) is 30.3 Å². The van der Waals surface area contributed by atoms with E-state index in [1.807, 2.05) is 41.9 Å². The van der Waals surface area contributed by atoms with Crippen LogP contribution >= 0.6 is 0 Å². The maximum absolute atomic E-state index is 12.8. The molecule has 9 nitrogen and oxygen atoms in total. The molecule has 2 aliphatic heterocycles. The van der Waals surface area contributed by atoms with Gasteiger partial charge in [-0.05, 0) is 37.3 Å². The first-order valence-corrected chi connectivity index (χ1v) is 13.1. The van der Waals surface area contributed by atoms with Crippen molar-refractivity contribution in [2.45, 2.75) is 51.9 Å². The molecule has 0 saturated carbocycles. The van der Waals surface area contributed by atoms with E-state index in [9.17, 15) is 9.59 Å². The van der Waals surface area contributed by atoms with Crippen LogP contribution < -0.4 is 5.32 Å². The van der Waals surface area contributed by atoms with E-state index in [-0.39, 0.29) is 24.7 Å². The average molecular weight is 505 g/mol. The Morgan fingerprint density at radius 2 is 2.03 bits per heavy atom. The van der Waals surface area contributed by atoms with E-state index in [0.29, 0.717) is 31.3 Å². The highest BCUT2D eigenvalue weighted by Crippen LogP contribution is 2.38. The van der Waals surface area contributed by atoms with E-state index in [2.05, 4.69) is 11.5 Å². The van der Waals surface area contributed by atoms with E-state index in [1.54, 1.807) is 4.90 Å². The van der Waals surface area contributed by atoms with Crippen LogP contribution in [0.3, 0.4) is 0 Å². The van der Waals surface area contributed by atoms with Crippen molar-refractivity contribution in [1.29, 1.82) is 0 Å². The Kier molecular flexibility index (Phi) is 6.46. The van der Waals surface area contributed by atoms with E-state index >= 15 is 0 Å². The number of ether oxygens (including phenoxy) is 2. The fourth-order valence-electron chi connectivity index (χ4n) is 5.48. The van der Waals surface area contributed by atoms with Crippen LogP contribution in [0.1, 0.15) is 45.8 Å². The van der Waals surface area contributed by atoms with Gasteiger partial charge in [0.05, 0.1) is 11.8 Å². The number of amides is 2. The lowest BCUT2D eigenvalue weighted by Gasteiger charge is -2.38. The lowest BCUT2D eigenvalue weighted by atomic mass is 9.93. The minimum absolute atomic E-state index is 0.0873. The Morgan fingerprint density at radius 1 is 1.19 bits per heavy atom. The Labute approximate surface area is 215 Å². The lowest BCUT2D eigenvalue weighted by Crippen LogP contribution is -2.51. The monoisotopic (exact) mass is 504 g/mol. The summed E-state index contributed by atoms with van der Waals surface area (Å²) < 4.78 is 19.0. The number of furan rings is 1. The predicted molar refractivity (Wildman–Crippen MR) is 135 cm³/mol. The number of carbonyl (C=O) groups excluding carboxylic acids is 2. The zero-order chi connectivity index (χ0) is 25.4. The Morgan fingerprint density at radius 3 is 2.81 bits per heavy atom. The first-order valence-electron chi connectivity index (χ1n) is 13.1. The Bertz CT molecular complexity index is 1290. The summed E-state index contributed by atoms with van der Waals surface area (Å²) in [5.74, 6) is 1.33. The van der Waals surface area contributed by atoms with Crippen molar-refractivity contribution in [3.8, 4) is 11.3 Å². The first-order chi connectivity index (χ1) is 18.0. The smallest absolute Gasteiger partial charge is 0.410 e. The van der Waals surface area contributed by atoms with Gasteiger partial charge in [0.1, 0.15) is 12.4 Å². The van der Waals surface area contributed by atoms with Crippen LogP contribution in [0.2, 0.25) is 0 Å². The SMILES string of the molecule is Cc1c(C(=O)NC[C@@H]2CCCO2)oc2c1-c1nn(CC3CN(C(=O)OCc4ccccc4)C3)cc1CC2. The Hall–Kier alpha value is -3.59. The normalized spacial score (nSPS) is 18.7. The maximum Gasteiger partial charge on any atom is 0.410 e. The lowest BCUT2D eigenvalue weighted by molar-refractivity contribution is 0.0436. The molecule has 0 unspecified atom stereocenters. The number of benzene rings is 1. The quantitative estimate of drug-likeness (QED) is 0.527. The summed E-state index contributed by atoms with van der Waals surface area (Å²) in [6.07, 6.45) is 5.50. The van der Waals surface area contributed by atoms with Crippen LogP contribution in [0.25, 0.3) is 11.3 Å². The van der Waals surface area contributed by atoms with E-state index in [4.69, 9.17) is 19.0 Å². The molecule has 1 aromatic carbocycles. The van der Waals surface area contributed by atoms with Gasteiger partial charge in [0.25, 0.3) is 5.91 Å². The van der Waals surface area contributed by atoms with Crippen LogP contribution in [-0.4, -0.2) is 59.0 Å². The molecular weight excluding hydrogens is 472 g/mol. The van der Waals surface area contributed by atoms with E-state index < -0.39 is 0 Å². The van der Waals surface area contributed by atoms with Crippen molar-refractivity contribution in [2.75, 3.05) is 26.2 Å². The van der Waals surface area contributed by atoms with Crippen LogP contribution in [0.5, 0.6) is 0 Å². The molecular formula is C28H32N4O5.